The second-order valence-corrected chi connectivity index (χ2v) is 4.74. The average molecular weight is 196 g/mol. The molecular formula is C12H20O2. The Morgan fingerprint density at radius 2 is 2.07 bits per heavy atom. The maximum atomic E-state index is 11.1. The Kier molecular flexibility index (Phi) is 3.03. The van der Waals surface area contributed by atoms with Crippen molar-refractivity contribution in [2.75, 3.05) is 0 Å². The minimum absolute atomic E-state index is 0.0453. The SMILES string of the molecule is CCC(=O)OC1CC(=C(C)C)C1(C)C. The van der Waals surface area contributed by atoms with E-state index in [0.717, 1.165) is 6.42 Å². The summed E-state index contributed by atoms with van der Waals surface area (Å²) in [6.45, 7) is 10.4. The lowest BCUT2D eigenvalue weighted by molar-refractivity contribution is -0.158. The number of esters is 1. The number of allylic oxidation sites excluding steroid dienone is 1. The zero-order valence-electron chi connectivity index (χ0n) is 9.81. The van der Waals surface area contributed by atoms with Crippen LogP contribution < -0.4 is 0 Å². The van der Waals surface area contributed by atoms with Crippen molar-refractivity contribution in [1.29, 1.82) is 0 Å². The molecule has 0 spiro atoms. The molecule has 1 aliphatic rings. The Morgan fingerprint density at radius 1 is 1.50 bits per heavy atom. The smallest absolute Gasteiger partial charge is 0.305 e. The van der Waals surface area contributed by atoms with E-state index < -0.39 is 0 Å². The van der Waals surface area contributed by atoms with Crippen LogP contribution in [0.5, 0.6) is 0 Å². The maximum absolute atomic E-state index is 11.1. The largest absolute Gasteiger partial charge is 0.461 e. The minimum Gasteiger partial charge on any atom is -0.461 e. The highest BCUT2D eigenvalue weighted by Gasteiger charge is 2.46. The number of ether oxygens (including phenoxy) is 1. The zero-order chi connectivity index (χ0) is 10.9. The van der Waals surface area contributed by atoms with Crippen LogP contribution in [0.4, 0.5) is 0 Å². The van der Waals surface area contributed by atoms with Gasteiger partial charge in [0, 0.05) is 18.3 Å². The van der Waals surface area contributed by atoms with E-state index >= 15 is 0 Å². The maximum Gasteiger partial charge on any atom is 0.305 e. The van der Waals surface area contributed by atoms with E-state index in [4.69, 9.17) is 4.74 Å². The topological polar surface area (TPSA) is 26.3 Å². The standard InChI is InChI=1S/C12H20O2/c1-6-11(13)14-10-7-9(8(2)3)12(10,4)5/h10H,6-7H2,1-5H3. The van der Waals surface area contributed by atoms with E-state index in [0.29, 0.717) is 6.42 Å². The molecule has 1 saturated carbocycles. The fraction of sp³-hybridized carbons (Fsp3) is 0.750. The zero-order valence-corrected chi connectivity index (χ0v) is 9.81. The monoisotopic (exact) mass is 196 g/mol. The van der Waals surface area contributed by atoms with Crippen LogP contribution >= 0.6 is 0 Å². The van der Waals surface area contributed by atoms with Crippen molar-refractivity contribution in [2.24, 2.45) is 5.41 Å². The van der Waals surface area contributed by atoms with Crippen molar-refractivity contribution in [3.8, 4) is 0 Å². The van der Waals surface area contributed by atoms with E-state index in [9.17, 15) is 4.79 Å². The first kappa shape index (κ1) is 11.3. The molecule has 1 unspecified atom stereocenters. The molecular weight excluding hydrogens is 176 g/mol. The van der Waals surface area contributed by atoms with Gasteiger partial charge >= 0.3 is 5.97 Å². The third-order valence-electron chi connectivity index (χ3n) is 3.14. The minimum atomic E-state index is -0.0871. The quantitative estimate of drug-likeness (QED) is 0.501. The molecule has 0 aliphatic heterocycles. The van der Waals surface area contributed by atoms with Gasteiger partial charge in [0.2, 0.25) is 0 Å². The van der Waals surface area contributed by atoms with Gasteiger partial charge in [-0.25, -0.2) is 0 Å². The van der Waals surface area contributed by atoms with Crippen molar-refractivity contribution >= 4 is 5.97 Å². The lowest BCUT2D eigenvalue weighted by Crippen LogP contribution is -2.46. The highest BCUT2D eigenvalue weighted by molar-refractivity contribution is 5.69. The van der Waals surface area contributed by atoms with Gasteiger partial charge in [0.15, 0.2) is 0 Å². The summed E-state index contributed by atoms with van der Waals surface area (Å²) in [7, 11) is 0. The average Bonchev–Trinajstić information content (AvgIpc) is 2.10. The number of hydrogen-bond acceptors (Lipinski definition) is 2. The van der Waals surface area contributed by atoms with Gasteiger partial charge in [0.25, 0.3) is 0 Å². The van der Waals surface area contributed by atoms with Gasteiger partial charge in [-0.3, -0.25) is 4.79 Å². The molecule has 1 rings (SSSR count). The van der Waals surface area contributed by atoms with Crippen LogP contribution in [0, 0.1) is 5.41 Å². The molecule has 0 aromatic heterocycles. The Hall–Kier alpha value is -0.790. The highest BCUT2D eigenvalue weighted by Crippen LogP contribution is 2.49. The van der Waals surface area contributed by atoms with Crippen LogP contribution in [0.3, 0.4) is 0 Å². The van der Waals surface area contributed by atoms with Crippen LogP contribution in [-0.4, -0.2) is 12.1 Å². The molecule has 0 bridgehead atoms. The van der Waals surface area contributed by atoms with Crippen LogP contribution in [0.1, 0.15) is 47.5 Å². The molecule has 1 aliphatic carbocycles. The van der Waals surface area contributed by atoms with Gasteiger partial charge in [-0.05, 0) is 13.8 Å². The van der Waals surface area contributed by atoms with E-state index in [1.165, 1.54) is 11.1 Å². The third kappa shape index (κ3) is 1.84. The van der Waals surface area contributed by atoms with Gasteiger partial charge in [-0.2, -0.15) is 0 Å². The lowest BCUT2D eigenvalue weighted by Gasteiger charge is -2.47. The third-order valence-corrected chi connectivity index (χ3v) is 3.14. The van der Waals surface area contributed by atoms with Gasteiger partial charge in [-0.1, -0.05) is 31.9 Å². The van der Waals surface area contributed by atoms with Crippen LogP contribution in [-0.2, 0) is 9.53 Å². The molecule has 2 nitrogen and oxygen atoms in total. The van der Waals surface area contributed by atoms with Crippen molar-refractivity contribution in [1.82, 2.24) is 0 Å². The van der Waals surface area contributed by atoms with Crippen LogP contribution in [0.25, 0.3) is 0 Å². The first-order valence-corrected chi connectivity index (χ1v) is 5.26. The normalized spacial score (nSPS) is 24.1. The van der Waals surface area contributed by atoms with E-state index in [2.05, 4.69) is 27.7 Å². The number of carbonyl (C=O) groups excluding carboxylic acids is 1. The molecule has 1 atom stereocenters. The lowest BCUT2D eigenvalue weighted by atomic mass is 9.63. The summed E-state index contributed by atoms with van der Waals surface area (Å²) in [4.78, 5) is 11.1. The molecule has 0 radical (unpaired) electrons. The van der Waals surface area contributed by atoms with Crippen molar-refractivity contribution in [2.45, 2.75) is 53.6 Å². The predicted molar refractivity (Wildman–Crippen MR) is 56.9 cm³/mol. The summed E-state index contributed by atoms with van der Waals surface area (Å²) in [6.07, 6.45) is 1.47. The highest BCUT2D eigenvalue weighted by atomic mass is 16.5. The summed E-state index contributed by atoms with van der Waals surface area (Å²) in [6, 6.07) is 0. The number of rotatable bonds is 2. The summed E-state index contributed by atoms with van der Waals surface area (Å²) >= 11 is 0. The second kappa shape index (κ2) is 3.76. The number of carbonyl (C=O) groups is 1. The van der Waals surface area contributed by atoms with E-state index in [-0.39, 0.29) is 17.5 Å². The number of hydrogen-bond donors (Lipinski definition) is 0. The summed E-state index contributed by atoms with van der Waals surface area (Å²) in [5.41, 5.74) is 2.84. The van der Waals surface area contributed by atoms with E-state index in [1.54, 1.807) is 0 Å². The molecule has 0 saturated heterocycles. The molecule has 80 valence electrons. The van der Waals surface area contributed by atoms with Gasteiger partial charge in [0.1, 0.15) is 6.10 Å². The van der Waals surface area contributed by atoms with E-state index in [1.807, 2.05) is 6.92 Å². The molecule has 0 N–H and O–H groups in total. The Balaban J connectivity index is 2.64. The fourth-order valence-electron chi connectivity index (χ4n) is 2.05. The Morgan fingerprint density at radius 3 is 2.43 bits per heavy atom. The van der Waals surface area contributed by atoms with Gasteiger partial charge < -0.3 is 4.74 Å². The molecule has 0 aromatic carbocycles. The first-order chi connectivity index (χ1) is 6.39. The van der Waals surface area contributed by atoms with Crippen LogP contribution in [0.15, 0.2) is 11.1 Å². The summed E-state index contributed by atoms with van der Waals surface area (Å²) in [5, 5.41) is 0. The molecule has 0 amide bonds. The van der Waals surface area contributed by atoms with Crippen molar-refractivity contribution in [3.63, 3.8) is 0 Å². The molecule has 2 heteroatoms. The Labute approximate surface area is 86.3 Å². The molecule has 1 fully saturated rings. The van der Waals surface area contributed by atoms with Crippen molar-refractivity contribution < 1.29 is 9.53 Å². The van der Waals surface area contributed by atoms with Gasteiger partial charge in [-0.15, -0.1) is 0 Å². The fourth-order valence-corrected chi connectivity index (χ4v) is 2.05. The predicted octanol–water partition coefficient (Wildman–Crippen LogP) is 3.07. The summed E-state index contributed by atoms with van der Waals surface area (Å²) < 4.78 is 5.36. The van der Waals surface area contributed by atoms with Gasteiger partial charge in [0.05, 0.1) is 0 Å². The second-order valence-electron chi connectivity index (χ2n) is 4.74. The molecule has 14 heavy (non-hydrogen) atoms. The van der Waals surface area contributed by atoms with Crippen molar-refractivity contribution in [3.05, 3.63) is 11.1 Å². The summed E-state index contributed by atoms with van der Waals surface area (Å²) in [5.74, 6) is -0.0871. The molecule has 0 heterocycles. The first-order valence-electron chi connectivity index (χ1n) is 5.26. The molecule has 0 aromatic rings. The van der Waals surface area contributed by atoms with Crippen LogP contribution in [0.2, 0.25) is 0 Å². The Bertz CT molecular complexity index is 270.